The molecule has 0 bridgehead atoms. The topological polar surface area (TPSA) is 39.7 Å². The summed E-state index contributed by atoms with van der Waals surface area (Å²) in [6.45, 7) is 8.73. The molecule has 0 spiro atoms. The lowest BCUT2D eigenvalue weighted by Gasteiger charge is -2.52. The van der Waals surface area contributed by atoms with Crippen LogP contribution in [0.4, 0.5) is 0 Å². The fourth-order valence-corrected chi connectivity index (χ4v) is 15.1. The maximum atomic E-state index is 7.10. The number of unbranched alkanes of at least 4 members (excludes halogenated alkanes) is 1. The third-order valence-corrected chi connectivity index (χ3v) is 14.9. The molecular formula is C30H45NO3S2Si. The van der Waals surface area contributed by atoms with Crippen molar-refractivity contribution >= 4 is 30.4 Å². The van der Waals surface area contributed by atoms with Crippen LogP contribution in [-0.2, 0) is 10.3 Å². The van der Waals surface area contributed by atoms with Crippen LogP contribution in [-0.4, -0.2) is 51.7 Å². The molecule has 1 saturated heterocycles. The van der Waals surface area contributed by atoms with Crippen LogP contribution in [0, 0.1) is 11.8 Å². The molecule has 1 aliphatic rings. The van der Waals surface area contributed by atoms with Crippen LogP contribution in [0.15, 0.2) is 53.4 Å². The monoisotopic (exact) mass is 559 g/mol. The van der Waals surface area contributed by atoms with Gasteiger partial charge in [-0.3, -0.25) is 0 Å². The molecule has 1 aliphatic heterocycles. The van der Waals surface area contributed by atoms with Crippen LogP contribution in [0.1, 0.15) is 37.7 Å². The standard InChI is InChI=1S/C30H45NO3S2Si/c1-32-28-20-19-26(25-29(28)33-2)15-13-22-31-21-12-7-6-11-18-30-35-23-14-24-36(30,34-37(3,4)5)27-16-9-8-10-17-27/h8-10,16-17,19-20,25,30-31H,6,11,13-15,18,21-24H2,1-5H3. The van der Waals surface area contributed by atoms with Crippen LogP contribution in [0.2, 0.25) is 19.6 Å². The lowest BCUT2D eigenvalue weighted by molar-refractivity contribution is 0.354. The van der Waals surface area contributed by atoms with Crippen molar-refractivity contribution in [1.29, 1.82) is 0 Å². The van der Waals surface area contributed by atoms with Crippen molar-refractivity contribution in [3.63, 3.8) is 0 Å². The van der Waals surface area contributed by atoms with Crippen molar-refractivity contribution in [2.75, 3.05) is 38.8 Å². The highest BCUT2D eigenvalue weighted by atomic mass is 32.3. The Balaban J connectivity index is 1.42. The molecule has 0 radical (unpaired) electrons. The first-order valence-electron chi connectivity index (χ1n) is 13.4. The minimum Gasteiger partial charge on any atom is -0.493 e. The van der Waals surface area contributed by atoms with Gasteiger partial charge < -0.3 is 18.7 Å². The largest absolute Gasteiger partial charge is 0.493 e. The number of aryl methyl sites for hydroxylation is 1. The third-order valence-electron chi connectivity index (χ3n) is 6.21. The number of thioether (sulfide) groups is 1. The summed E-state index contributed by atoms with van der Waals surface area (Å²) in [7, 11) is 0.406. The number of methoxy groups -OCH3 is 2. The van der Waals surface area contributed by atoms with Gasteiger partial charge in [-0.2, -0.15) is 0 Å². The van der Waals surface area contributed by atoms with Gasteiger partial charge in [0.2, 0.25) is 8.32 Å². The van der Waals surface area contributed by atoms with Gasteiger partial charge in [-0.05, 0) is 93.9 Å². The van der Waals surface area contributed by atoms with Gasteiger partial charge >= 0.3 is 0 Å². The number of hydrogen-bond acceptors (Lipinski definition) is 5. The summed E-state index contributed by atoms with van der Waals surface area (Å²) in [5.74, 6) is 10.7. The maximum absolute atomic E-state index is 7.10. The molecule has 3 rings (SSSR count). The molecule has 2 unspecified atom stereocenters. The molecule has 1 heterocycles. The van der Waals surface area contributed by atoms with Gasteiger partial charge in [-0.15, -0.1) is 28.0 Å². The Labute approximate surface area is 232 Å². The molecule has 37 heavy (non-hydrogen) atoms. The fraction of sp³-hybridized carbons (Fsp3) is 0.533. The summed E-state index contributed by atoms with van der Waals surface area (Å²) in [4.78, 5) is 1.44. The highest BCUT2D eigenvalue weighted by Gasteiger charge is 2.41. The highest BCUT2D eigenvalue weighted by molar-refractivity contribution is 8.38. The van der Waals surface area contributed by atoms with Crippen molar-refractivity contribution in [3.8, 4) is 23.3 Å². The smallest absolute Gasteiger partial charge is 0.200 e. The molecule has 2 aromatic carbocycles. The van der Waals surface area contributed by atoms with Crippen LogP contribution in [0.5, 0.6) is 11.5 Å². The molecule has 1 fully saturated rings. The second-order valence-electron chi connectivity index (χ2n) is 10.3. The number of hydrogen-bond donors (Lipinski definition) is 1. The molecule has 1 N–H and O–H groups in total. The van der Waals surface area contributed by atoms with E-state index in [0.29, 0.717) is 4.58 Å². The molecule has 2 atom stereocenters. The Morgan fingerprint density at radius 3 is 2.51 bits per heavy atom. The predicted octanol–water partition coefficient (Wildman–Crippen LogP) is 7.49. The van der Waals surface area contributed by atoms with Crippen LogP contribution in [0.3, 0.4) is 0 Å². The Hall–Kier alpha value is -1.56. The molecular weight excluding hydrogens is 515 g/mol. The first-order valence-corrected chi connectivity index (χ1v) is 19.7. The first-order chi connectivity index (χ1) is 17.9. The molecule has 7 heteroatoms. The zero-order chi connectivity index (χ0) is 26.6. The van der Waals surface area contributed by atoms with Gasteiger partial charge in [-0.25, -0.2) is 0 Å². The number of ether oxygens (including phenoxy) is 2. The summed E-state index contributed by atoms with van der Waals surface area (Å²) in [5, 5.41) is 3.46. The number of rotatable bonds is 13. The molecule has 2 aromatic rings. The fourth-order valence-electron chi connectivity index (χ4n) is 4.63. The van der Waals surface area contributed by atoms with Gasteiger partial charge in [0.1, 0.15) is 0 Å². The minimum atomic E-state index is -1.67. The summed E-state index contributed by atoms with van der Waals surface area (Å²) in [6.07, 6.45) is 6.62. The zero-order valence-electron chi connectivity index (χ0n) is 23.3. The second kappa shape index (κ2) is 15.1. The summed E-state index contributed by atoms with van der Waals surface area (Å²) >= 11 is 2.14. The average molecular weight is 560 g/mol. The Kier molecular flexibility index (Phi) is 12.3. The molecule has 0 amide bonds. The van der Waals surface area contributed by atoms with E-state index in [2.05, 4.69) is 91.0 Å². The van der Waals surface area contributed by atoms with Crippen molar-refractivity contribution in [2.24, 2.45) is 0 Å². The minimum absolute atomic E-state index is 0.576. The van der Waals surface area contributed by atoms with Crippen molar-refractivity contribution in [2.45, 2.75) is 67.6 Å². The van der Waals surface area contributed by atoms with E-state index in [1.54, 1.807) is 14.2 Å². The number of benzene rings is 2. The van der Waals surface area contributed by atoms with Gasteiger partial charge in [0.15, 0.2) is 11.5 Å². The molecule has 4 nitrogen and oxygen atoms in total. The zero-order valence-corrected chi connectivity index (χ0v) is 25.9. The lowest BCUT2D eigenvalue weighted by atomic mass is 10.1. The molecule has 0 saturated carbocycles. The Bertz CT molecular complexity index is 1020. The van der Waals surface area contributed by atoms with E-state index in [0.717, 1.165) is 50.3 Å². The number of nitrogens with one attached hydrogen (secondary N) is 1. The van der Waals surface area contributed by atoms with Gasteiger partial charge in [0.25, 0.3) is 0 Å². The van der Waals surface area contributed by atoms with E-state index in [9.17, 15) is 0 Å². The summed E-state index contributed by atoms with van der Waals surface area (Å²) in [5.41, 5.74) is 1.26. The average Bonchev–Trinajstić information content (AvgIpc) is 2.90. The van der Waals surface area contributed by atoms with E-state index < -0.39 is 18.6 Å². The second-order valence-corrected chi connectivity index (χ2v) is 19.7. The summed E-state index contributed by atoms with van der Waals surface area (Å²) < 4.78 is 18.4. The Morgan fingerprint density at radius 2 is 1.78 bits per heavy atom. The van der Waals surface area contributed by atoms with Crippen molar-refractivity contribution in [3.05, 3.63) is 54.1 Å². The first kappa shape index (κ1) is 30.0. The lowest BCUT2D eigenvalue weighted by Crippen LogP contribution is -2.35. The quantitative estimate of drug-likeness (QED) is 0.156. The van der Waals surface area contributed by atoms with Crippen molar-refractivity contribution in [1.82, 2.24) is 5.32 Å². The van der Waals surface area contributed by atoms with E-state index in [4.69, 9.17) is 13.3 Å². The van der Waals surface area contributed by atoms with Crippen LogP contribution < -0.4 is 14.8 Å². The molecule has 0 aromatic heterocycles. The van der Waals surface area contributed by atoms with Gasteiger partial charge in [0.05, 0.1) is 25.3 Å². The normalized spacial score (nSPS) is 21.4. The van der Waals surface area contributed by atoms with E-state index in [-0.39, 0.29) is 0 Å². The van der Waals surface area contributed by atoms with E-state index in [1.807, 2.05) is 6.07 Å². The van der Waals surface area contributed by atoms with Crippen molar-refractivity contribution < 1.29 is 13.3 Å². The third kappa shape index (κ3) is 9.29. The summed E-state index contributed by atoms with van der Waals surface area (Å²) in [6, 6.07) is 17.2. The van der Waals surface area contributed by atoms with E-state index >= 15 is 0 Å². The highest BCUT2D eigenvalue weighted by Crippen LogP contribution is 2.68. The van der Waals surface area contributed by atoms with E-state index in [1.165, 1.54) is 34.8 Å². The SMILES string of the molecule is COc1ccc(CCCNCC#CCCCC2SCCCS2(O[Si](C)(C)C)c2ccccc2)cc1OC. The molecule has 204 valence electrons. The maximum Gasteiger partial charge on any atom is 0.200 e. The Morgan fingerprint density at radius 1 is 1.00 bits per heavy atom. The molecule has 0 aliphatic carbocycles. The van der Waals surface area contributed by atoms with Gasteiger partial charge in [-0.1, -0.05) is 30.2 Å². The van der Waals surface area contributed by atoms with Crippen LogP contribution >= 0.6 is 22.1 Å². The van der Waals surface area contributed by atoms with Crippen LogP contribution in [0.25, 0.3) is 0 Å². The predicted molar refractivity (Wildman–Crippen MR) is 165 cm³/mol. The van der Waals surface area contributed by atoms with Gasteiger partial charge in [0, 0.05) is 17.1 Å².